The van der Waals surface area contributed by atoms with E-state index in [1.54, 1.807) is 0 Å². The molecule has 0 radical (unpaired) electrons. The summed E-state index contributed by atoms with van der Waals surface area (Å²) in [6.45, 7) is 0. The van der Waals surface area contributed by atoms with E-state index >= 15 is 0 Å². The Balaban J connectivity index is 1.19. The zero-order chi connectivity index (χ0) is 32.3. The first kappa shape index (κ1) is 27.5. The van der Waals surface area contributed by atoms with Gasteiger partial charge in [-0.3, -0.25) is 0 Å². The summed E-state index contributed by atoms with van der Waals surface area (Å²) >= 11 is 0. The van der Waals surface area contributed by atoms with E-state index in [1.165, 1.54) is 10.8 Å². The molecule has 0 fully saturated rings. The Labute approximate surface area is 283 Å². The Hall–Kier alpha value is -6.65. The monoisotopic (exact) mass is 625 g/mol. The second-order valence-corrected chi connectivity index (χ2v) is 12.4. The fourth-order valence-corrected chi connectivity index (χ4v) is 7.10. The van der Waals surface area contributed by atoms with Crippen LogP contribution in [0, 0.1) is 0 Å². The third-order valence-electron chi connectivity index (χ3n) is 9.50. The van der Waals surface area contributed by atoms with Gasteiger partial charge in [0.25, 0.3) is 0 Å². The number of ether oxygens (including phenoxy) is 1. The van der Waals surface area contributed by atoms with Crippen molar-refractivity contribution < 1.29 is 4.74 Å². The number of nitrogens with zero attached hydrogens (tertiary/aromatic N) is 3. The van der Waals surface area contributed by atoms with Crippen molar-refractivity contribution in [2.24, 2.45) is 0 Å². The topological polar surface area (TPSA) is 47.9 Å². The minimum Gasteiger partial charge on any atom is -0.455 e. The second-order valence-electron chi connectivity index (χ2n) is 12.4. The van der Waals surface area contributed by atoms with E-state index in [0.29, 0.717) is 17.5 Å². The molecule has 10 rings (SSSR count). The molecule has 4 heteroatoms. The van der Waals surface area contributed by atoms with Crippen LogP contribution in [0.2, 0.25) is 0 Å². The largest absolute Gasteiger partial charge is 0.455 e. The molecule has 8 aromatic carbocycles. The van der Waals surface area contributed by atoms with Gasteiger partial charge in [-0.1, -0.05) is 140 Å². The summed E-state index contributed by atoms with van der Waals surface area (Å²) in [6, 6.07) is 56.9. The van der Waals surface area contributed by atoms with Crippen LogP contribution >= 0.6 is 0 Å². The summed E-state index contributed by atoms with van der Waals surface area (Å²) in [4.78, 5) is 15.4. The molecule has 0 aliphatic carbocycles. The van der Waals surface area contributed by atoms with Crippen LogP contribution in [0.5, 0.6) is 11.5 Å². The van der Waals surface area contributed by atoms with Crippen molar-refractivity contribution in [1.82, 2.24) is 15.0 Å². The number of para-hydroxylation sites is 1. The average Bonchev–Trinajstić information content (AvgIpc) is 3.17. The molecule has 0 bridgehead atoms. The molecular formula is C45H27N3O. The number of rotatable bonds is 4. The zero-order valence-corrected chi connectivity index (χ0v) is 26.3. The first-order valence-corrected chi connectivity index (χ1v) is 16.4. The maximum absolute atomic E-state index is 6.74. The van der Waals surface area contributed by atoms with Crippen LogP contribution in [-0.2, 0) is 0 Å². The molecule has 4 nitrogen and oxygen atoms in total. The van der Waals surface area contributed by atoms with Crippen molar-refractivity contribution in [3.05, 3.63) is 164 Å². The van der Waals surface area contributed by atoms with E-state index in [1.807, 2.05) is 6.07 Å². The van der Waals surface area contributed by atoms with Crippen LogP contribution < -0.4 is 4.74 Å². The maximum Gasteiger partial charge on any atom is 0.164 e. The Morgan fingerprint density at radius 2 is 0.918 bits per heavy atom. The van der Waals surface area contributed by atoms with Gasteiger partial charge in [-0.05, 0) is 62.3 Å². The molecule has 1 aliphatic rings. The minimum atomic E-state index is 0.619. The fourth-order valence-electron chi connectivity index (χ4n) is 7.10. The van der Waals surface area contributed by atoms with E-state index in [2.05, 4.69) is 158 Å². The van der Waals surface area contributed by atoms with Crippen LogP contribution in [0.4, 0.5) is 0 Å². The summed E-state index contributed by atoms with van der Waals surface area (Å²) in [7, 11) is 0. The molecule has 2 heterocycles. The quantitative estimate of drug-likeness (QED) is 0.195. The molecule has 49 heavy (non-hydrogen) atoms. The summed E-state index contributed by atoms with van der Waals surface area (Å²) < 4.78 is 6.74. The maximum atomic E-state index is 6.74. The van der Waals surface area contributed by atoms with Crippen molar-refractivity contribution >= 4 is 32.3 Å². The minimum absolute atomic E-state index is 0.619. The molecule has 1 aromatic heterocycles. The highest BCUT2D eigenvalue weighted by molar-refractivity contribution is 6.10. The van der Waals surface area contributed by atoms with Gasteiger partial charge in [-0.2, -0.15) is 0 Å². The zero-order valence-electron chi connectivity index (χ0n) is 26.3. The number of hydrogen-bond donors (Lipinski definition) is 0. The lowest BCUT2D eigenvalue weighted by molar-refractivity contribution is 0.489. The molecule has 0 saturated carbocycles. The highest BCUT2D eigenvalue weighted by Crippen LogP contribution is 2.51. The van der Waals surface area contributed by atoms with Gasteiger partial charge in [0.05, 0.1) is 0 Å². The van der Waals surface area contributed by atoms with Crippen LogP contribution in [-0.4, -0.2) is 15.0 Å². The standard InChI is InChI=1S/C45H27N3O/c1-2-12-30(13-3-1)35-16-8-19-38-36-17-9-18-37-39(24-25-40(41(36)37)49-42(35)38)45-47-43(33-22-20-28-10-4-6-14-31(28)26-33)46-44(48-45)34-23-21-29-11-5-7-15-32(29)27-34/h1-27H. The number of hydrogen-bond acceptors (Lipinski definition) is 4. The predicted octanol–water partition coefficient (Wildman–Crippen LogP) is 11.8. The van der Waals surface area contributed by atoms with Gasteiger partial charge in [0, 0.05) is 33.2 Å². The molecule has 0 atom stereocenters. The van der Waals surface area contributed by atoms with Gasteiger partial charge in [-0.25, -0.2) is 15.0 Å². The average molecular weight is 626 g/mol. The first-order chi connectivity index (χ1) is 24.3. The SMILES string of the molecule is c1ccc(-c2cccc3c2Oc2ccc(-c4nc(-c5ccc6ccccc6c5)nc(-c5ccc6ccccc6c5)n4)c4cccc-3c24)cc1. The van der Waals surface area contributed by atoms with Gasteiger partial charge in [0.15, 0.2) is 17.5 Å². The van der Waals surface area contributed by atoms with Gasteiger partial charge in [0.1, 0.15) is 11.5 Å². The molecular weight excluding hydrogens is 599 g/mol. The lowest BCUT2D eigenvalue weighted by atomic mass is 9.90. The normalized spacial score (nSPS) is 11.8. The van der Waals surface area contributed by atoms with Gasteiger partial charge in [0.2, 0.25) is 0 Å². The molecule has 0 amide bonds. The molecule has 0 spiro atoms. The van der Waals surface area contributed by atoms with Crippen molar-refractivity contribution in [3.8, 4) is 67.9 Å². The van der Waals surface area contributed by atoms with E-state index in [4.69, 9.17) is 19.7 Å². The smallest absolute Gasteiger partial charge is 0.164 e. The van der Waals surface area contributed by atoms with Gasteiger partial charge >= 0.3 is 0 Å². The molecule has 1 aliphatic heterocycles. The third-order valence-corrected chi connectivity index (χ3v) is 9.50. The third kappa shape index (κ3) is 4.57. The summed E-state index contributed by atoms with van der Waals surface area (Å²) in [5.41, 5.74) is 7.21. The molecule has 0 unspecified atom stereocenters. The lowest BCUT2D eigenvalue weighted by Gasteiger charge is -2.24. The predicted molar refractivity (Wildman–Crippen MR) is 200 cm³/mol. The number of fused-ring (bicyclic) bond motifs is 4. The lowest BCUT2D eigenvalue weighted by Crippen LogP contribution is -2.02. The molecule has 0 N–H and O–H groups in total. The summed E-state index contributed by atoms with van der Waals surface area (Å²) in [5.74, 6) is 3.58. The van der Waals surface area contributed by atoms with Crippen LogP contribution in [0.15, 0.2) is 164 Å². The van der Waals surface area contributed by atoms with Crippen LogP contribution in [0.3, 0.4) is 0 Å². The van der Waals surface area contributed by atoms with Crippen LogP contribution in [0.25, 0.3) is 88.7 Å². The summed E-state index contributed by atoms with van der Waals surface area (Å²) in [6.07, 6.45) is 0. The number of benzene rings is 8. The van der Waals surface area contributed by atoms with E-state index in [9.17, 15) is 0 Å². The van der Waals surface area contributed by atoms with Crippen LogP contribution in [0.1, 0.15) is 0 Å². The van der Waals surface area contributed by atoms with E-state index in [0.717, 1.165) is 72.0 Å². The highest BCUT2D eigenvalue weighted by Gasteiger charge is 2.25. The Morgan fingerprint density at radius 3 is 1.61 bits per heavy atom. The second kappa shape index (κ2) is 11.0. The first-order valence-electron chi connectivity index (χ1n) is 16.4. The van der Waals surface area contributed by atoms with Crippen molar-refractivity contribution in [1.29, 1.82) is 0 Å². The van der Waals surface area contributed by atoms with Crippen molar-refractivity contribution in [3.63, 3.8) is 0 Å². The Kier molecular flexibility index (Phi) is 6.15. The van der Waals surface area contributed by atoms with E-state index in [-0.39, 0.29) is 0 Å². The van der Waals surface area contributed by atoms with Crippen molar-refractivity contribution in [2.45, 2.75) is 0 Å². The van der Waals surface area contributed by atoms with Crippen molar-refractivity contribution in [2.75, 3.05) is 0 Å². The fraction of sp³-hybridized carbons (Fsp3) is 0. The van der Waals surface area contributed by atoms with E-state index < -0.39 is 0 Å². The summed E-state index contributed by atoms with van der Waals surface area (Å²) in [5, 5.41) is 6.72. The Bertz CT molecular complexity index is 2660. The number of aromatic nitrogens is 3. The highest BCUT2D eigenvalue weighted by atomic mass is 16.5. The van der Waals surface area contributed by atoms with Gasteiger partial charge < -0.3 is 4.74 Å². The Morgan fingerprint density at radius 1 is 0.347 bits per heavy atom. The van der Waals surface area contributed by atoms with Gasteiger partial charge in [-0.15, -0.1) is 0 Å². The molecule has 228 valence electrons. The molecule has 0 saturated heterocycles. The molecule has 9 aromatic rings.